The van der Waals surface area contributed by atoms with Crippen LogP contribution in [0.5, 0.6) is 0 Å². The van der Waals surface area contributed by atoms with E-state index in [1.807, 2.05) is 0 Å². The molecule has 0 aromatic carbocycles. The van der Waals surface area contributed by atoms with Crippen molar-refractivity contribution < 1.29 is 40.8 Å². The molecule has 0 saturated carbocycles. The largest absolute Gasteiger partial charge is 1.00 e. The van der Waals surface area contributed by atoms with E-state index in [0.29, 0.717) is 19.4 Å². The molecule has 0 aromatic heterocycles. The van der Waals surface area contributed by atoms with Crippen LogP contribution in [0.2, 0.25) is 0 Å². The van der Waals surface area contributed by atoms with Crippen molar-refractivity contribution in [3.05, 3.63) is 0 Å². The average Bonchev–Trinajstić information content (AvgIpc) is 2.34. The van der Waals surface area contributed by atoms with Crippen LogP contribution in [-0.2, 0) is 19.3 Å². The molecule has 20 heavy (non-hydrogen) atoms. The molecular formula is C13H27LiO5S. The first-order valence-electron chi connectivity index (χ1n) is 7.24. The molecule has 0 aliphatic heterocycles. The summed E-state index contributed by atoms with van der Waals surface area (Å²) >= 11 is 0. The molecule has 0 unspecified atom stereocenters. The van der Waals surface area contributed by atoms with Gasteiger partial charge in [0, 0.05) is 13.2 Å². The van der Waals surface area contributed by atoms with Crippen LogP contribution in [-0.4, -0.2) is 32.8 Å². The van der Waals surface area contributed by atoms with Gasteiger partial charge in [-0.3, -0.25) is 4.18 Å². The molecule has 0 amide bonds. The summed E-state index contributed by atoms with van der Waals surface area (Å²) in [6.07, 6.45) is 10.1. The quantitative estimate of drug-likeness (QED) is 0.196. The van der Waals surface area contributed by atoms with Gasteiger partial charge in [-0.1, -0.05) is 45.4 Å². The normalized spacial score (nSPS) is 11.3. The zero-order valence-corrected chi connectivity index (χ0v) is 13.8. The summed E-state index contributed by atoms with van der Waals surface area (Å²) in [5.41, 5.74) is 0. The maximum Gasteiger partial charge on any atom is 1.00 e. The third-order valence-corrected chi connectivity index (χ3v) is 3.26. The van der Waals surface area contributed by atoms with Crippen LogP contribution >= 0.6 is 0 Å². The maximum atomic E-state index is 10.1. The molecule has 0 aromatic rings. The summed E-state index contributed by atoms with van der Waals surface area (Å²) in [6.45, 7) is 3.52. The van der Waals surface area contributed by atoms with E-state index in [1.165, 1.54) is 38.5 Å². The number of hydrogen-bond donors (Lipinski definition) is 0. The summed E-state index contributed by atoms with van der Waals surface area (Å²) in [5, 5.41) is 0. The fraction of sp³-hybridized carbons (Fsp3) is 1.00. The van der Waals surface area contributed by atoms with Crippen molar-refractivity contribution in [3.63, 3.8) is 0 Å². The molecule has 5 nitrogen and oxygen atoms in total. The Kier molecular flexibility index (Phi) is 17.9. The number of ether oxygens (including phenoxy) is 1. The molecule has 0 aliphatic rings. The standard InChI is InChI=1S/C13H28O5S.Li/c1-2-3-4-5-6-7-8-11-17-12-9-10-13-18-19(14,15)16;/h2-13H2,1H3,(H,14,15,16);/q;+1/p-1. The van der Waals surface area contributed by atoms with E-state index in [9.17, 15) is 13.0 Å². The van der Waals surface area contributed by atoms with Gasteiger partial charge in [0.25, 0.3) is 0 Å². The first-order valence-corrected chi connectivity index (χ1v) is 8.57. The van der Waals surface area contributed by atoms with Crippen molar-refractivity contribution in [1.29, 1.82) is 0 Å². The summed E-state index contributed by atoms with van der Waals surface area (Å²) < 4.78 is 39.9. The van der Waals surface area contributed by atoms with Crippen molar-refractivity contribution in [1.82, 2.24) is 0 Å². The smallest absolute Gasteiger partial charge is 0.726 e. The molecule has 0 radical (unpaired) electrons. The second kappa shape index (κ2) is 15.8. The first-order chi connectivity index (χ1) is 9.06. The van der Waals surface area contributed by atoms with Crippen molar-refractivity contribution in [2.24, 2.45) is 0 Å². The van der Waals surface area contributed by atoms with Gasteiger partial charge in [-0.05, 0) is 19.3 Å². The fourth-order valence-electron chi connectivity index (χ4n) is 1.73. The first kappa shape index (κ1) is 22.7. The average molecular weight is 302 g/mol. The molecule has 0 atom stereocenters. The predicted octanol–water partition coefficient (Wildman–Crippen LogP) is 0.0146. The van der Waals surface area contributed by atoms with Gasteiger partial charge in [-0.25, -0.2) is 8.42 Å². The van der Waals surface area contributed by atoms with E-state index >= 15 is 0 Å². The van der Waals surface area contributed by atoms with Crippen LogP contribution in [0.15, 0.2) is 0 Å². The predicted molar refractivity (Wildman–Crippen MR) is 73.7 cm³/mol. The van der Waals surface area contributed by atoms with E-state index in [4.69, 9.17) is 4.74 Å². The van der Waals surface area contributed by atoms with Gasteiger partial charge < -0.3 is 9.29 Å². The SMILES string of the molecule is CCCCCCCCCOCCCCOS(=O)(=O)[O-].[Li+]. The van der Waals surface area contributed by atoms with Crippen LogP contribution in [0.4, 0.5) is 0 Å². The Morgan fingerprint density at radius 2 is 1.25 bits per heavy atom. The molecule has 0 saturated heterocycles. The summed E-state index contributed by atoms with van der Waals surface area (Å²) in [6, 6.07) is 0. The Morgan fingerprint density at radius 1 is 0.800 bits per heavy atom. The molecule has 0 heterocycles. The van der Waals surface area contributed by atoms with Gasteiger partial charge in [0.05, 0.1) is 6.61 Å². The van der Waals surface area contributed by atoms with Crippen molar-refractivity contribution in [2.45, 2.75) is 64.7 Å². The maximum absolute atomic E-state index is 10.1. The van der Waals surface area contributed by atoms with Gasteiger partial charge in [0.2, 0.25) is 10.4 Å². The second-order valence-corrected chi connectivity index (χ2v) is 5.72. The number of hydrogen-bond acceptors (Lipinski definition) is 5. The van der Waals surface area contributed by atoms with Crippen LogP contribution in [0.1, 0.15) is 64.7 Å². The van der Waals surface area contributed by atoms with E-state index in [1.54, 1.807) is 0 Å². The molecule has 0 N–H and O–H groups in total. The minimum absolute atomic E-state index is 0. The van der Waals surface area contributed by atoms with Crippen LogP contribution < -0.4 is 18.9 Å². The molecule has 0 aliphatic carbocycles. The molecule has 0 rings (SSSR count). The monoisotopic (exact) mass is 302 g/mol. The minimum atomic E-state index is -4.53. The van der Waals surface area contributed by atoms with Gasteiger partial charge >= 0.3 is 18.9 Å². The van der Waals surface area contributed by atoms with Gasteiger partial charge in [0.1, 0.15) is 0 Å². The number of unbranched alkanes of at least 4 members (excludes halogenated alkanes) is 7. The third-order valence-electron chi connectivity index (χ3n) is 2.80. The summed E-state index contributed by atoms with van der Waals surface area (Å²) in [5.74, 6) is 0. The Labute approximate surface area is 135 Å². The van der Waals surface area contributed by atoms with E-state index in [-0.39, 0.29) is 25.5 Å². The third kappa shape index (κ3) is 20.7. The van der Waals surface area contributed by atoms with E-state index in [2.05, 4.69) is 11.1 Å². The summed E-state index contributed by atoms with van der Waals surface area (Å²) in [4.78, 5) is 0. The van der Waals surface area contributed by atoms with Gasteiger partial charge in [-0.15, -0.1) is 0 Å². The Bertz CT molecular complexity index is 282. The number of rotatable bonds is 14. The Balaban J connectivity index is 0. The van der Waals surface area contributed by atoms with Crippen molar-refractivity contribution >= 4 is 10.4 Å². The molecule has 116 valence electrons. The second-order valence-electron chi connectivity index (χ2n) is 4.67. The van der Waals surface area contributed by atoms with Crippen LogP contribution in [0.3, 0.4) is 0 Å². The Morgan fingerprint density at radius 3 is 1.80 bits per heavy atom. The van der Waals surface area contributed by atoms with E-state index in [0.717, 1.165) is 13.0 Å². The minimum Gasteiger partial charge on any atom is -0.726 e. The van der Waals surface area contributed by atoms with Crippen molar-refractivity contribution in [2.75, 3.05) is 19.8 Å². The fourth-order valence-corrected chi connectivity index (χ4v) is 2.05. The van der Waals surface area contributed by atoms with Crippen LogP contribution in [0, 0.1) is 0 Å². The zero-order chi connectivity index (χ0) is 14.4. The molecule has 0 fully saturated rings. The van der Waals surface area contributed by atoms with E-state index < -0.39 is 10.4 Å². The molecule has 7 heteroatoms. The topological polar surface area (TPSA) is 75.7 Å². The van der Waals surface area contributed by atoms with Crippen LogP contribution in [0.25, 0.3) is 0 Å². The van der Waals surface area contributed by atoms with Gasteiger partial charge in [0.15, 0.2) is 0 Å². The Hall–Kier alpha value is 0.427. The zero-order valence-electron chi connectivity index (χ0n) is 12.9. The molecule has 0 spiro atoms. The van der Waals surface area contributed by atoms with Gasteiger partial charge in [-0.2, -0.15) is 0 Å². The molecule has 0 bridgehead atoms. The van der Waals surface area contributed by atoms with Crippen molar-refractivity contribution in [3.8, 4) is 0 Å². The molecular weight excluding hydrogens is 275 g/mol. The summed E-state index contributed by atoms with van der Waals surface area (Å²) in [7, 11) is -4.53.